The summed E-state index contributed by atoms with van der Waals surface area (Å²) in [6, 6.07) is 22.1. The highest BCUT2D eigenvalue weighted by molar-refractivity contribution is 9.10. The minimum atomic E-state index is -4.02. The largest absolute Gasteiger partial charge is 0.326 e. The Balaban J connectivity index is 1.78. The van der Waals surface area contributed by atoms with Crippen LogP contribution in [0.15, 0.2) is 93.3 Å². The number of carbonyl (C=O) groups excluding carboxylic acids is 2. The molecule has 0 heterocycles. The summed E-state index contributed by atoms with van der Waals surface area (Å²) < 4.78 is 28.7. The van der Waals surface area contributed by atoms with E-state index >= 15 is 0 Å². The summed E-state index contributed by atoms with van der Waals surface area (Å²) in [6.45, 7) is 0.934. The van der Waals surface area contributed by atoms with Crippen molar-refractivity contribution in [2.45, 2.75) is 18.4 Å². The molecule has 34 heavy (non-hydrogen) atoms. The average Bonchev–Trinajstić information content (AvgIpc) is 2.79. The summed E-state index contributed by atoms with van der Waals surface area (Å²) in [6.07, 6.45) is 1.47. The van der Waals surface area contributed by atoms with Gasteiger partial charge in [0.25, 0.3) is 5.91 Å². The number of sulfonamides is 1. The number of nitrogens with zero attached hydrogens (tertiary/aromatic N) is 2. The van der Waals surface area contributed by atoms with Crippen LogP contribution in [-0.4, -0.2) is 37.3 Å². The monoisotopic (exact) mass is 542 g/mol. The highest BCUT2D eigenvalue weighted by atomic mass is 79.9. The molecule has 0 bridgehead atoms. The number of rotatable bonds is 9. The molecule has 0 spiro atoms. The third-order valence-corrected chi connectivity index (χ3v) is 6.88. The van der Waals surface area contributed by atoms with Gasteiger partial charge < -0.3 is 5.32 Å². The summed E-state index contributed by atoms with van der Waals surface area (Å²) in [7, 11) is -4.02. The maximum atomic E-state index is 13.4. The quantitative estimate of drug-likeness (QED) is 0.317. The van der Waals surface area contributed by atoms with Crippen molar-refractivity contribution in [3.05, 3.63) is 94.5 Å². The van der Waals surface area contributed by atoms with Gasteiger partial charge in [0.2, 0.25) is 15.9 Å². The summed E-state index contributed by atoms with van der Waals surface area (Å²) in [5.74, 6) is -0.845. The molecule has 0 unspecified atom stereocenters. The van der Waals surface area contributed by atoms with Gasteiger partial charge in [0, 0.05) is 23.6 Å². The lowest BCUT2D eigenvalue weighted by Crippen LogP contribution is -2.39. The Hall–Kier alpha value is -3.34. The zero-order valence-corrected chi connectivity index (χ0v) is 20.7. The van der Waals surface area contributed by atoms with E-state index < -0.39 is 22.5 Å². The number of nitrogens with one attached hydrogen (secondary N) is 2. The minimum absolute atomic E-state index is 0.000608. The maximum Gasteiger partial charge on any atom is 0.255 e. The van der Waals surface area contributed by atoms with E-state index in [2.05, 4.69) is 31.8 Å². The summed E-state index contributed by atoms with van der Waals surface area (Å²) in [5.41, 5.74) is 4.35. The first kappa shape index (κ1) is 25.3. The lowest BCUT2D eigenvalue weighted by atomic mass is 10.2. The van der Waals surface area contributed by atoms with E-state index in [9.17, 15) is 18.0 Å². The van der Waals surface area contributed by atoms with Crippen molar-refractivity contribution < 1.29 is 18.0 Å². The molecule has 0 aromatic heterocycles. The van der Waals surface area contributed by atoms with Crippen molar-refractivity contribution in [2.24, 2.45) is 5.10 Å². The number of hydrazone groups is 1. The Labute approximate surface area is 206 Å². The van der Waals surface area contributed by atoms with Crippen LogP contribution in [0.5, 0.6) is 0 Å². The van der Waals surface area contributed by atoms with Gasteiger partial charge in [0.1, 0.15) is 0 Å². The number of hydrogen-bond donors (Lipinski definition) is 2. The zero-order valence-electron chi connectivity index (χ0n) is 18.3. The number of anilines is 1. The van der Waals surface area contributed by atoms with Gasteiger partial charge in [-0.25, -0.2) is 13.8 Å². The first-order chi connectivity index (χ1) is 16.2. The smallest absolute Gasteiger partial charge is 0.255 e. The Morgan fingerprint density at radius 2 is 1.71 bits per heavy atom. The van der Waals surface area contributed by atoms with Crippen molar-refractivity contribution >= 4 is 49.7 Å². The topological polar surface area (TPSA) is 108 Å². The summed E-state index contributed by atoms with van der Waals surface area (Å²) >= 11 is 3.36. The molecule has 0 aliphatic rings. The van der Waals surface area contributed by atoms with Gasteiger partial charge in [-0.2, -0.15) is 9.41 Å². The van der Waals surface area contributed by atoms with E-state index in [-0.39, 0.29) is 17.3 Å². The molecule has 0 aliphatic carbocycles. The first-order valence-corrected chi connectivity index (χ1v) is 12.5. The normalized spacial score (nSPS) is 11.5. The van der Waals surface area contributed by atoms with E-state index in [0.717, 1.165) is 19.9 Å². The van der Waals surface area contributed by atoms with Crippen molar-refractivity contribution in [1.29, 1.82) is 0 Å². The molecular formula is C24H23BrN4O4S. The van der Waals surface area contributed by atoms with Gasteiger partial charge in [0.15, 0.2) is 0 Å². The number of hydrogen-bond acceptors (Lipinski definition) is 5. The molecule has 10 heteroatoms. The molecule has 3 rings (SSSR count). The fourth-order valence-electron chi connectivity index (χ4n) is 3.04. The summed E-state index contributed by atoms with van der Waals surface area (Å²) in [5, 5.41) is 6.52. The second-order valence-electron chi connectivity index (χ2n) is 7.31. The van der Waals surface area contributed by atoms with Crippen LogP contribution < -0.4 is 10.7 Å². The molecule has 2 N–H and O–H groups in total. The standard InChI is InChI=1S/C24H23BrN4O4S/c1-18(30)27-22-10-12-23(13-11-22)34(32,33)29(16-19-6-3-2-4-7-19)17-24(31)28-26-15-20-8-5-9-21(25)14-20/h2-15H,16-17H2,1H3,(H,27,30)(H,28,31). The Morgan fingerprint density at radius 3 is 2.35 bits per heavy atom. The number of benzene rings is 3. The van der Waals surface area contributed by atoms with Crippen LogP contribution in [0.25, 0.3) is 0 Å². The highest BCUT2D eigenvalue weighted by Gasteiger charge is 2.27. The molecule has 2 amide bonds. The van der Waals surface area contributed by atoms with Gasteiger partial charge in [-0.3, -0.25) is 9.59 Å². The van der Waals surface area contributed by atoms with E-state index in [0.29, 0.717) is 5.69 Å². The van der Waals surface area contributed by atoms with Crippen molar-refractivity contribution in [3.63, 3.8) is 0 Å². The first-order valence-electron chi connectivity index (χ1n) is 10.2. The van der Waals surface area contributed by atoms with Crippen LogP contribution in [0.4, 0.5) is 5.69 Å². The molecule has 176 valence electrons. The SMILES string of the molecule is CC(=O)Nc1ccc(S(=O)(=O)N(CC(=O)NN=Cc2cccc(Br)c2)Cc2ccccc2)cc1. The molecular weight excluding hydrogens is 520 g/mol. The van der Waals surface area contributed by atoms with Crippen LogP contribution in [0.2, 0.25) is 0 Å². The minimum Gasteiger partial charge on any atom is -0.326 e. The Bertz CT molecular complexity index is 1280. The number of amides is 2. The van der Waals surface area contributed by atoms with Crippen molar-refractivity contribution in [2.75, 3.05) is 11.9 Å². The van der Waals surface area contributed by atoms with Crippen molar-refractivity contribution in [1.82, 2.24) is 9.73 Å². The number of carbonyl (C=O) groups is 2. The van der Waals surface area contributed by atoms with E-state index in [1.54, 1.807) is 24.3 Å². The molecule has 0 fully saturated rings. The molecule has 8 nitrogen and oxygen atoms in total. The number of halogens is 1. The average molecular weight is 543 g/mol. The lowest BCUT2D eigenvalue weighted by Gasteiger charge is -2.21. The second-order valence-corrected chi connectivity index (χ2v) is 10.2. The fraction of sp³-hybridized carbons (Fsp3) is 0.125. The maximum absolute atomic E-state index is 13.4. The van der Waals surface area contributed by atoms with Gasteiger partial charge in [-0.1, -0.05) is 58.4 Å². The predicted molar refractivity (Wildman–Crippen MR) is 135 cm³/mol. The van der Waals surface area contributed by atoms with E-state index in [4.69, 9.17) is 0 Å². The Morgan fingerprint density at radius 1 is 1.00 bits per heavy atom. The molecule has 3 aromatic rings. The van der Waals surface area contributed by atoms with Gasteiger partial charge in [-0.15, -0.1) is 0 Å². The van der Waals surface area contributed by atoms with Gasteiger partial charge in [0.05, 0.1) is 17.7 Å². The molecule has 0 saturated carbocycles. The predicted octanol–water partition coefficient (Wildman–Crippen LogP) is 3.75. The molecule has 0 aliphatic heterocycles. The lowest BCUT2D eigenvalue weighted by molar-refractivity contribution is -0.121. The third-order valence-electron chi connectivity index (χ3n) is 4.59. The fourth-order valence-corrected chi connectivity index (χ4v) is 4.84. The van der Waals surface area contributed by atoms with Crippen LogP contribution in [0.3, 0.4) is 0 Å². The molecule has 0 saturated heterocycles. The molecule has 0 atom stereocenters. The second kappa shape index (κ2) is 11.7. The van der Waals surface area contributed by atoms with Crippen LogP contribution in [0, 0.1) is 0 Å². The Kier molecular flexibility index (Phi) is 8.69. The highest BCUT2D eigenvalue weighted by Crippen LogP contribution is 2.20. The van der Waals surface area contributed by atoms with Gasteiger partial charge in [-0.05, 0) is 47.5 Å². The van der Waals surface area contributed by atoms with Crippen LogP contribution in [0.1, 0.15) is 18.1 Å². The third kappa shape index (κ3) is 7.34. The zero-order chi connectivity index (χ0) is 24.6. The molecule has 0 radical (unpaired) electrons. The summed E-state index contributed by atoms with van der Waals surface area (Å²) in [4.78, 5) is 23.8. The van der Waals surface area contributed by atoms with E-state index in [1.807, 2.05) is 30.3 Å². The van der Waals surface area contributed by atoms with Crippen molar-refractivity contribution in [3.8, 4) is 0 Å². The van der Waals surface area contributed by atoms with E-state index in [1.165, 1.54) is 37.4 Å². The van der Waals surface area contributed by atoms with Crippen LogP contribution in [-0.2, 0) is 26.2 Å². The van der Waals surface area contributed by atoms with Gasteiger partial charge >= 0.3 is 0 Å². The molecule has 3 aromatic carbocycles. The van der Waals surface area contributed by atoms with Crippen LogP contribution >= 0.6 is 15.9 Å².